The van der Waals surface area contributed by atoms with Gasteiger partial charge in [-0.15, -0.1) is 5.10 Å². The van der Waals surface area contributed by atoms with Crippen molar-refractivity contribution < 1.29 is 9.53 Å². The van der Waals surface area contributed by atoms with Crippen molar-refractivity contribution in [2.24, 2.45) is 0 Å². The zero-order valence-electron chi connectivity index (χ0n) is 17.3. The fraction of sp³-hybridized carbons (Fsp3) is 0.333. The topological polar surface area (TPSA) is 73.1 Å². The molecular formula is C21H25N5O2S. The lowest BCUT2D eigenvalue weighted by Gasteiger charge is -2.18. The van der Waals surface area contributed by atoms with Gasteiger partial charge in [0, 0.05) is 13.6 Å². The van der Waals surface area contributed by atoms with Gasteiger partial charge in [-0.2, -0.15) is 4.68 Å². The number of aromatic nitrogens is 4. The van der Waals surface area contributed by atoms with E-state index < -0.39 is 0 Å². The first-order chi connectivity index (χ1) is 13.9. The molecule has 1 amide bonds. The van der Waals surface area contributed by atoms with Crippen LogP contribution in [0.4, 0.5) is 0 Å². The molecule has 1 aromatic heterocycles. The Morgan fingerprint density at radius 3 is 2.59 bits per heavy atom. The zero-order chi connectivity index (χ0) is 21.0. The van der Waals surface area contributed by atoms with Gasteiger partial charge in [0.15, 0.2) is 0 Å². The summed E-state index contributed by atoms with van der Waals surface area (Å²) in [5.74, 6) is 0.930. The molecule has 0 spiro atoms. The quantitative estimate of drug-likeness (QED) is 0.555. The van der Waals surface area contributed by atoms with Gasteiger partial charge in [0.1, 0.15) is 11.4 Å². The van der Waals surface area contributed by atoms with Crippen LogP contribution in [0.1, 0.15) is 22.3 Å². The number of amides is 1. The van der Waals surface area contributed by atoms with Gasteiger partial charge in [-0.25, -0.2) is 0 Å². The highest BCUT2D eigenvalue weighted by atomic mass is 32.2. The average molecular weight is 412 g/mol. The Kier molecular flexibility index (Phi) is 6.53. The Labute approximate surface area is 175 Å². The maximum atomic E-state index is 12.6. The van der Waals surface area contributed by atoms with E-state index in [9.17, 15) is 4.79 Å². The van der Waals surface area contributed by atoms with Crippen LogP contribution in [0.3, 0.4) is 0 Å². The minimum Gasteiger partial charge on any atom is -0.494 e. The molecule has 0 fully saturated rings. The van der Waals surface area contributed by atoms with Crippen LogP contribution in [0, 0.1) is 20.8 Å². The van der Waals surface area contributed by atoms with Crippen LogP contribution in [-0.2, 0) is 11.3 Å². The number of ether oxygens (including phenoxy) is 1. The molecule has 3 rings (SSSR count). The molecule has 0 aliphatic rings. The molecule has 0 unspecified atom stereocenters. The fourth-order valence-electron chi connectivity index (χ4n) is 2.99. The molecule has 1 heterocycles. The molecule has 2 aromatic carbocycles. The Balaban J connectivity index is 1.69. The normalized spacial score (nSPS) is 10.8. The molecule has 8 heteroatoms. The van der Waals surface area contributed by atoms with Crippen molar-refractivity contribution in [1.29, 1.82) is 0 Å². The Morgan fingerprint density at radius 2 is 1.86 bits per heavy atom. The van der Waals surface area contributed by atoms with Crippen molar-refractivity contribution >= 4 is 17.7 Å². The predicted octanol–water partition coefficient (Wildman–Crippen LogP) is 3.35. The summed E-state index contributed by atoms with van der Waals surface area (Å²) in [6, 6.07) is 12.1. The van der Waals surface area contributed by atoms with Crippen LogP contribution in [-0.4, -0.2) is 50.9 Å². The molecule has 0 aliphatic heterocycles. The van der Waals surface area contributed by atoms with Crippen molar-refractivity contribution in [2.75, 3.05) is 19.9 Å². The molecule has 0 aliphatic carbocycles. The Hall–Kier alpha value is -2.87. The zero-order valence-corrected chi connectivity index (χ0v) is 18.2. The average Bonchev–Trinajstić information content (AvgIpc) is 3.16. The second-order valence-corrected chi connectivity index (χ2v) is 7.96. The van der Waals surface area contributed by atoms with E-state index in [1.54, 1.807) is 16.7 Å². The number of thioether (sulfide) groups is 1. The third kappa shape index (κ3) is 4.95. The van der Waals surface area contributed by atoms with Crippen LogP contribution in [0.25, 0.3) is 5.69 Å². The molecule has 0 bridgehead atoms. The number of carbonyl (C=O) groups excluding carboxylic acids is 1. The van der Waals surface area contributed by atoms with E-state index in [1.165, 1.54) is 22.9 Å². The van der Waals surface area contributed by atoms with Crippen molar-refractivity contribution in [3.63, 3.8) is 0 Å². The summed E-state index contributed by atoms with van der Waals surface area (Å²) < 4.78 is 7.03. The second-order valence-electron chi connectivity index (χ2n) is 7.02. The number of hydrogen-bond donors (Lipinski definition) is 0. The van der Waals surface area contributed by atoms with Crippen LogP contribution < -0.4 is 4.74 Å². The molecule has 0 saturated heterocycles. The van der Waals surface area contributed by atoms with Gasteiger partial charge in [0.25, 0.3) is 0 Å². The predicted molar refractivity (Wildman–Crippen MR) is 114 cm³/mol. The maximum absolute atomic E-state index is 12.6. The van der Waals surface area contributed by atoms with Gasteiger partial charge in [-0.1, -0.05) is 41.6 Å². The van der Waals surface area contributed by atoms with Crippen LogP contribution in [0.5, 0.6) is 5.75 Å². The minimum absolute atomic E-state index is 0.0146. The summed E-state index contributed by atoms with van der Waals surface area (Å²) in [5.41, 5.74) is 5.36. The lowest BCUT2D eigenvalue weighted by Crippen LogP contribution is -2.28. The molecule has 0 saturated carbocycles. The van der Waals surface area contributed by atoms with Gasteiger partial charge < -0.3 is 9.64 Å². The van der Waals surface area contributed by atoms with Crippen LogP contribution >= 0.6 is 11.8 Å². The molecule has 29 heavy (non-hydrogen) atoms. The standard InChI is InChI=1S/C21H25N5O2S/c1-14-6-8-17(16(3)10-14)12-25(4)20(27)13-29-21-22-23-24-26(21)18-11-15(2)7-9-19(18)28-5/h6-11H,12-13H2,1-5H3. The number of tetrazole rings is 1. The first-order valence-corrected chi connectivity index (χ1v) is 10.2. The van der Waals surface area contributed by atoms with Crippen LogP contribution in [0.2, 0.25) is 0 Å². The van der Waals surface area contributed by atoms with E-state index in [2.05, 4.69) is 47.6 Å². The largest absolute Gasteiger partial charge is 0.494 e. The molecule has 7 nitrogen and oxygen atoms in total. The number of methoxy groups -OCH3 is 1. The number of carbonyl (C=O) groups is 1. The minimum atomic E-state index is 0.0146. The molecule has 0 N–H and O–H groups in total. The monoisotopic (exact) mass is 411 g/mol. The third-order valence-corrected chi connectivity index (χ3v) is 5.56. The van der Waals surface area contributed by atoms with Gasteiger partial charge in [0.2, 0.25) is 11.1 Å². The van der Waals surface area contributed by atoms with Crippen molar-refractivity contribution in [3.8, 4) is 11.4 Å². The second kappa shape index (κ2) is 9.09. The molecule has 0 atom stereocenters. The van der Waals surface area contributed by atoms with E-state index in [0.717, 1.165) is 16.8 Å². The number of aryl methyl sites for hydroxylation is 3. The van der Waals surface area contributed by atoms with E-state index in [0.29, 0.717) is 17.5 Å². The highest BCUT2D eigenvalue weighted by Crippen LogP contribution is 2.27. The van der Waals surface area contributed by atoms with Gasteiger partial charge >= 0.3 is 0 Å². The summed E-state index contributed by atoms with van der Waals surface area (Å²) >= 11 is 1.31. The van der Waals surface area contributed by atoms with Gasteiger partial charge in [0.05, 0.1) is 12.9 Å². The third-order valence-electron chi connectivity index (χ3n) is 4.66. The van der Waals surface area contributed by atoms with Crippen molar-refractivity contribution in [2.45, 2.75) is 32.5 Å². The van der Waals surface area contributed by atoms with E-state index in [1.807, 2.05) is 32.2 Å². The highest BCUT2D eigenvalue weighted by Gasteiger charge is 2.17. The molecule has 3 aromatic rings. The summed E-state index contributed by atoms with van der Waals surface area (Å²) in [4.78, 5) is 14.4. The summed E-state index contributed by atoms with van der Waals surface area (Å²) in [6.07, 6.45) is 0. The molecule has 0 radical (unpaired) electrons. The number of hydrogen-bond acceptors (Lipinski definition) is 6. The Bertz CT molecular complexity index is 1020. The summed E-state index contributed by atoms with van der Waals surface area (Å²) in [7, 11) is 3.42. The highest BCUT2D eigenvalue weighted by molar-refractivity contribution is 7.99. The number of nitrogens with zero attached hydrogens (tertiary/aromatic N) is 5. The first-order valence-electron chi connectivity index (χ1n) is 9.25. The van der Waals surface area contributed by atoms with E-state index in [4.69, 9.17) is 4.74 Å². The molecular weight excluding hydrogens is 386 g/mol. The lowest BCUT2D eigenvalue weighted by atomic mass is 10.1. The van der Waals surface area contributed by atoms with Gasteiger partial charge in [-0.05, 0) is 60.0 Å². The smallest absolute Gasteiger partial charge is 0.233 e. The maximum Gasteiger partial charge on any atom is 0.233 e. The molecule has 152 valence electrons. The fourth-order valence-corrected chi connectivity index (χ4v) is 3.81. The lowest BCUT2D eigenvalue weighted by molar-refractivity contribution is -0.127. The Morgan fingerprint density at radius 1 is 1.14 bits per heavy atom. The van der Waals surface area contributed by atoms with Crippen molar-refractivity contribution in [1.82, 2.24) is 25.1 Å². The first kappa shape index (κ1) is 20.9. The van der Waals surface area contributed by atoms with E-state index >= 15 is 0 Å². The van der Waals surface area contributed by atoms with E-state index in [-0.39, 0.29) is 11.7 Å². The van der Waals surface area contributed by atoms with Crippen molar-refractivity contribution in [3.05, 3.63) is 58.7 Å². The number of benzene rings is 2. The van der Waals surface area contributed by atoms with Crippen LogP contribution in [0.15, 0.2) is 41.6 Å². The summed E-state index contributed by atoms with van der Waals surface area (Å²) in [5, 5.41) is 12.5. The summed E-state index contributed by atoms with van der Waals surface area (Å²) in [6.45, 7) is 6.70. The van der Waals surface area contributed by atoms with Gasteiger partial charge in [-0.3, -0.25) is 4.79 Å². The number of rotatable bonds is 7. The SMILES string of the molecule is COc1ccc(C)cc1-n1nnnc1SCC(=O)N(C)Cc1ccc(C)cc1C.